The van der Waals surface area contributed by atoms with Crippen molar-refractivity contribution < 1.29 is 0 Å². The van der Waals surface area contributed by atoms with Crippen LogP contribution < -0.4 is 10.6 Å². The molecule has 114 valence electrons. The van der Waals surface area contributed by atoms with Crippen LogP contribution in [0.5, 0.6) is 0 Å². The zero-order valence-electron chi connectivity index (χ0n) is 12.7. The number of nitrogens with zero attached hydrogens (tertiary/aromatic N) is 3. The molecule has 6 heteroatoms. The monoisotopic (exact) mass is 305 g/mol. The first-order valence-electron chi connectivity index (χ1n) is 7.39. The summed E-state index contributed by atoms with van der Waals surface area (Å²) in [6.07, 6.45) is 4.85. The Kier molecular flexibility index (Phi) is 6.27. The maximum absolute atomic E-state index is 4.63. The van der Waals surface area contributed by atoms with Gasteiger partial charge in [0.05, 0.1) is 13.1 Å². The van der Waals surface area contributed by atoms with Crippen LogP contribution in [0, 0.1) is 0 Å². The van der Waals surface area contributed by atoms with Gasteiger partial charge in [0, 0.05) is 35.2 Å². The van der Waals surface area contributed by atoms with Gasteiger partial charge in [-0.15, -0.1) is 11.3 Å². The number of nitrogens with one attached hydrogen (secondary N) is 2. The lowest BCUT2D eigenvalue weighted by Gasteiger charge is -2.11. The number of aryl methyl sites for hydroxylation is 1. The smallest absolute Gasteiger partial charge is 0.191 e. The zero-order chi connectivity index (χ0) is 14.9. The molecule has 0 aliphatic heterocycles. The lowest BCUT2D eigenvalue weighted by atomic mass is 10.4. The molecule has 0 radical (unpaired) electrons. The summed E-state index contributed by atoms with van der Waals surface area (Å²) in [6, 6.07) is 6.29. The van der Waals surface area contributed by atoms with E-state index >= 15 is 0 Å². The second kappa shape index (κ2) is 8.46. The van der Waals surface area contributed by atoms with Gasteiger partial charge in [0.1, 0.15) is 0 Å². The minimum absolute atomic E-state index is 0.724. The molecule has 0 unspecified atom stereocenters. The van der Waals surface area contributed by atoms with Crippen LogP contribution in [-0.4, -0.2) is 28.8 Å². The number of guanidine groups is 1. The van der Waals surface area contributed by atoms with E-state index in [0.717, 1.165) is 38.6 Å². The van der Waals surface area contributed by atoms with Gasteiger partial charge >= 0.3 is 0 Å². The van der Waals surface area contributed by atoms with Gasteiger partial charge in [0.2, 0.25) is 0 Å². The molecule has 2 aromatic rings. The quantitative estimate of drug-likeness (QED) is 0.609. The summed E-state index contributed by atoms with van der Waals surface area (Å²) in [5.74, 6) is 0.858. The van der Waals surface area contributed by atoms with Gasteiger partial charge in [-0.05, 0) is 31.5 Å². The summed E-state index contributed by atoms with van der Waals surface area (Å²) in [5, 5.41) is 10.8. The normalized spacial score (nSPS) is 11.6. The molecule has 0 spiro atoms. The van der Waals surface area contributed by atoms with E-state index in [4.69, 9.17) is 0 Å². The lowest BCUT2D eigenvalue weighted by Crippen LogP contribution is -2.38. The summed E-state index contributed by atoms with van der Waals surface area (Å²) in [6.45, 7) is 7.47. The molecule has 0 atom stereocenters. The van der Waals surface area contributed by atoms with E-state index in [1.165, 1.54) is 9.75 Å². The van der Waals surface area contributed by atoms with Crippen molar-refractivity contribution in [1.82, 2.24) is 20.4 Å². The second-order valence-corrected chi connectivity index (χ2v) is 5.87. The minimum Gasteiger partial charge on any atom is -0.357 e. The topological polar surface area (TPSA) is 54.2 Å². The van der Waals surface area contributed by atoms with Crippen molar-refractivity contribution in [1.29, 1.82) is 0 Å². The lowest BCUT2D eigenvalue weighted by molar-refractivity contribution is 0.598. The fourth-order valence-electron chi connectivity index (χ4n) is 1.92. The Morgan fingerprint density at radius 2 is 2.14 bits per heavy atom. The third-order valence-corrected chi connectivity index (χ3v) is 4.21. The molecule has 0 aliphatic carbocycles. The highest BCUT2D eigenvalue weighted by atomic mass is 32.1. The van der Waals surface area contributed by atoms with Gasteiger partial charge in [-0.25, -0.2) is 4.99 Å². The van der Waals surface area contributed by atoms with Crippen LogP contribution in [0.3, 0.4) is 0 Å². The highest BCUT2D eigenvalue weighted by Gasteiger charge is 2.00. The predicted molar refractivity (Wildman–Crippen MR) is 88.7 cm³/mol. The van der Waals surface area contributed by atoms with Gasteiger partial charge in [-0.3, -0.25) is 4.68 Å². The van der Waals surface area contributed by atoms with Gasteiger partial charge in [0.25, 0.3) is 0 Å². The molecule has 0 aromatic carbocycles. The Balaban J connectivity index is 1.83. The Morgan fingerprint density at radius 1 is 1.29 bits per heavy atom. The maximum atomic E-state index is 4.63. The minimum atomic E-state index is 0.724. The Bertz CT molecular complexity index is 544. The van der Waals surface area contributed by atoms with E-state index in [1.54, 1.807) is 6.20 Å². The van der Waals surface area contributed by atoms with Gasteiger partial charge in [-0.2, -0.15) is 5.10 Å². The van der Waals surface area contributed by atoms with Crippen LogP contribution >= 0.6 is 11.3 Å². The van der Waals surface area contributed by atoms with Crippen molar-refractivity contribution in [2.45, 2.75) is 33.4 Å². The average molecular weight is 305 g/mol. The number of aromatic nitrogens is 2. The molecule has 2 heterocycles. The summed E-state index contributed by atoms with van der Waals surface area (Å²) >= 11 is 1.84. The molecule has 2 rings (SSSR count). The van der Waals surface area contributed by atoms with Crippen LogP contribution in [0.4, 0.5) is 0 Å². The molecular weight excluding hydrogens is 282 g/mol. The van der Waals surface area contributed by atoms with Crippen molar-refractivity contribution in [3.8, 4) is 0 Å². The van der Waals surface area contributed by atoms with Crippen LogP contribution in [0.15, 0.2) is 35.6 Å². The number of aliphatic imine (C=N–C) groups is 1. The summed E-state index contributed by atoms with van der Waals surface area (Å²) in [4.78, 5) is 7.34. The molecule has 2 aromatic heterocycles. The standard InChI is InChI=1S/C15H23N5S/c1-3-13-6-7-14(21-13)12-18-15(16-4-2)17-9-11-20-10-5-8-19-20/h5-8,10H,3-4,9,11-12H2,1-2H3,(H2,16,17,18). The summed E-state index contributed by atoms with van der Waals surface area (Å²) < 4.78 is 1.91. The molecular formula is C15H23N5S. The molecule has 0 fully saturated rings. The fraction of sp³-hybridized carbons (Fsp3) is 0.467. The summed E-state index contributed by atoms with van der Waals surface area (Å²) in [5.41, 5.74) is 0. The van der Waals surface area contributed by atoms with Crippen LogP contribution in [0.1, 0.15) is 23.6 Å². The number of rotatable bonds is 7. The van der Waals surface area contributed by atoms with Gasteiger partial charge in [-0.1, -0.05) is 6.92 Å². The van der Waals surface area contributed by atoms with E-state index in [2.05, 4.69) is 46.7 Å². The predicted octanol–water partition coefficient (Wildman–Crippen LogP) is 2.26. The van der Waals surface area contributed by atoms with E-state index in [-0.39, 0.29) is 0 Å². The van der Waals surface area contributed by atoms with Crippen LogP contribution in [0.2, 0.25) is 0 Å². The summed E-state index contributed by atoms with van der Waals surface area (Å²) in [7, 11) is 0. The molecule has 2 N–H and O–H groups in total. The molecule has 0 aliphatic rings. The third-order valence-electron chi connectivity index (χ3n) is 3.00. The molecule has 0 saturated heterocycles. The highest BCUT2D eigenvalue weighted by molar-refractivity contribution is 7.11. The average Bonchev–Trinajstić information content (AvgIpc) is 3.16. The first-order valence-corrected chi connectivity index (χ1v) is 8.20. The molecule has 0 saturated carbocycles. The van der Waals surface area contributed by atoms with Gasteiger partial charge in [0.15, 0.2) is 5.96 Å². The van der Waals surface area contributed by atoms with Crippen molar-refractivity contribution in [2.75, 3.05) is 13.1 Å². The first kappa shape index (κ1) is 15.6. The third kappa shape index (κ3) is 5.23. The molecule has 0 amide bonds. The van der Waals surface area contributed by atoms with Crippen molar-refractivity contribution in [2.24, 2.45) is 4.99 Å². The molecule has 5 nitrogen and oxygen atoms in total. The van der Waals surface area contributed by atoms with E-state index in [0.29, 0.717) is 0 Å². The van der Waals surface area contributed by atoms with Gasteiger partial charge < -0.3 is 10.6 Å². The molecule has 21 heavy (non-hydrogen) atoms. The van der Waals surface area contributed by atoms with Crippen LogP contribution in [0.25, 0.3) is 0 Å². The van der Waals surface area contributed by atoms with Crippen LogP contribution in [-0.2, 0) is 19.5 Å². The first-order chi connectivity index (χ1) is 10.3. The largest absolute Gasteiger partial charge is 0.357 e. The molecule has 0 bridgehead atoms. The van der Waals surface area contributed by atoms with Crippen molar-refractivity contribution in [3.05, 3.63) is 40.3 Å². The Labute approximate surface area is 130 Å². The van der Waals surface area contributed by atoms with E-state index < -0.39 is 0 Å². The van der Waals surface area contributed by atoms with Crippen molar-refractivity contribution >= 4 is 17.3 Å². The Hall–Kier alpha value is -1.82. The second-order valence-electron chi connectivity index (χ2n) is 4.61. The maximum Gasteiger partial charge on any atom is 0.191 e. The number of thiophene rings is 1. The van der Waals surface area contributed by atoms with Crippen molar-refractivity contribution in [3.63, 3.8) is 0 Å². The fourth-order valence-corrected chi connectivity index (χ4v) is 2.80. The highest BCUT2D eigenvalue weighted by Crippen LogP contribution is 2.17. The van der Waals surface area contributed by atoms with E-state index in [9.17, 15) is 0 Å². The van der Waals surface area contributed by atoms with E-state index in [1.807, 2.05) is 28.3 Å². The Morgan fingerprint density at radius 3 is 2.81 bits per heavy atom. The number of hydrogen-bond acceptors (Lipinski definition) is 3. The SMILES string of the molecule is CCNC(=NCc1ccc(CC)s1)NCCn1cccn1. The zero-order valence-corrected chi connectivity index (χ0v) is 13.5. The number of hydrogen-bond donors (Lipinski definition) is 2.